The van der Waals surface area contributed by atoms with E-state index in [1.165, 1.54) is 6.42 Å². The number of hydrogen-bond donors (Lipinski definition) is 2. The van der Waals surface area contributed by atoms with Gasteiger partial charge in [0, 0.05) is 38.5 Å². The fourth-order valence-electron chi connectivity index (χ4n) is 1.92. The number of nitrogens with two attached hydrogens (primary N) is 1. The Labute approximate surface area is 103 Å². The molecule has 1 saturated heterocycles. The first-order valence-electron chi connectivity index (χ1n) is 6.39. The number of hydrogen-bond acceptors (Lipinski definition) is 3. The average molecular weight is 241 g/mol. The molecular formula is C12H23N3O2. The Morgan fingerprint density at radius 3 is 2.53 bits per heavy atom. The zero-order chi connectivity index (χ0) is 12.7. The maximum atomic E-state index is 11.8. The molecule has 0 aromatic rings. The molecule has 1 aliphatic heterocycles. The zero-order valence-corrected chi connectivity index (χ0v) is 10.6. The second-order valence-electron chi connectivity index (χ2n) is 4.70. The molecule has 0 radical (unpaired) electrons. The highest BCUT2D eigenvalue weighted by Crippen LogP contribution is 2.09. The van der Waals surface area contributed by atoms with Gasteiger partial charge in [0.2, 0.25) is 11.8 Å². The Bertz CT molecular complexity index is 262. The van der Waals surface area contributed by atoms with Crippen LogP contribution in [0.15, 0.2) is 0 Å². The van der Waals surface area contributed by atoms with Gasteiger partial charge in [-0.15, -0.1) is 0 Å². The van der Waals surface area contributed by atoms with Crippen molar-refractivity contribution in [3.63, 3.8) is 0 Å². The smallest absolute Gasteiger partial charge is 0.223 e. The highest BCUT2D eigenvalue weighted by molar-refractivity contribution is 5.77. The lowest BCUT2D eigenvalue weighted by atomic mass is 10.1. The van der Waals surface area contributed by atoms with Crippen molar-refractivity contribution in [3.05, 3.63) is 0 Å². The van der Waals surface area contributed by atoms with Crippen LogP contribution in [0.2, 0.25) is 0 Å². The molecule has 0 spiro atoms. The summed E-state index contributed by atoms with van der Waals surface area (Å²) in [7, 11) is 0. The second-order valence-corrected chi connectivity index (χ2v) is 4.70. The summed E-state index contributed by atoms with van der Waals surface area (Å²) in [5, 5.41) is 3.09. The molecule has 98 valence electrons. The van der Waals surface area contributed by atoms with Gasteiger partial charge in [-0.05, 0) is 19.3 Å². The highest BCUT2D eigenvalue weighted by Gasteiger charge is 2.15. The van der Waals surface area contributed by atoms with Crippen LogP contribution in [0.3, 0.4) is 0 Å². The predicted octanol–water partition coefficient (Wildman–Crippen LogP) is 0.100. The summed E-state index contributed by atoms with van der Waals surface area (Å²) in [5.74, 6) is -0.274. The van der Waals surface area contributed by atoms with E-state index in [1.807, 2.05) is 4.90 Å². The largest absolute Gasteiger partial charge is 0.369 e. The van der Waals surface area contributed by atoms with Crippen molar-refractivity contribution in [2.45, 2.75) is 32.6 Å². The van der Waals surface area contributed by atoms with Gasteiger partial charge in [0.1, 0.15) is 0 Å². The van der Waals surface area contributed by atoms with Crippen LogP contribution in [-0.4, -0.2) is 42.9 Å². The fourth-order valence-corrected chi connectivity index (χ4v) is 1.92. The van der Waals surface area contributed by atoms with Crippen molar-refractivity contribution in [2.24, 2.45) is 11.7 Å². The molecule has 0 bridgehead atoms. The van der Waals surface area contributed by atoms with Crippen LogP contribution >= 0.6 is 0 Å². The van der Waals surface area contributed by atoms with E-state index in [0.29, 0.717) is 19.5 Å². The minimum Gasteiger partial charge on any atom is -0.369 e. The molecule has 17 heavy (non-hydrogen) atoms. The van der Waals surface area contributed by atoms with Crippen LogP contribution < -0.4 is 11.1 Å². The maximum absolute atomic E-state index is 11.8. The molecular weight excluding hydrogens is 218 g/mol. The Kier molecular flexibility index (Phi) is 5.97. The summed E-state index contributed by atoms with van der Waals surface area (Å²) in [6.07, 6.45) is 3.99. The molecule has 5 nitrogen and oxygen atoms in total. The van der Waals surface area contributed by atoms with E-state index in [4.69, 9.17) is 5.73 Å². The third-order valence-electron chi connectivity index (χ3n) is 3.16. The molecule has 1 heterocycles. The SMILES string of the molecule is CC(CNCCC(=O)N1CCCCC1)C(N)=O. The van der Waals surface area contributed by atoms with E-state index in [-0.39, 0.29) is 17.7 Å². The monoisotopic (exact) mass is 241 g/mol. The Balaban J connectivity index is 2.09. The van der Waals surface area contributed by atoms with Crippen molar-refractivity contribution in [2.75, 3.05) is 26.2 Å². The lowest BCUT2D eigenvalue weighted by Gasteiger charge is -2.26. The molecule has 2 amide bonds. The normalized spacial score (nSPS) is 17.8. The number of nitrogens with zero attached hydrogens (tertiary/aromatic N) is 1. The van der Waals surface area contributed by atoms with Crippen molar-refractivity contribution >= 4 is 11.8 Å². The van der Waals surface area contributed by atoms with E-state index in [9.17, 15) is 9.59 Å². The number of carbonyl (C=O) groups is 2. The first-order chi connectivity index (χ1) is 8.11. The number of primary amides is 1. The summed E-state index contributed by atoms with van der Waals surface area (Å²) in [4.78, 5) is 24.5. The summed E-state index contributed by atoms with van der Waals surface area (Å²) in [6, 6.07) is 0. The molecule has 1 fully saturated rings. The van der Waals surface area contributed by atoms with Gasteiger partial charge in [-0.1, -0.05) is 6.92 Å². The van der Waals surface area contributed by atoms with Crippen LogP contribution in [0, 0.1) is 5.92 Å². The van der Waals surface area contributed by atoms with E-state index < -0.39 is 0 Å². The van der Waals surface area contributed by atoms with E-state index in [1.54, 1.807) is 6.92 Å². The van der Waals surface area contributed by atoms with E-state index in [2.05, 4.69) is 5.32 Å². The van der Waals surface area contributed by atoms with E-state index in [0.717, 1.165) is 25.9 Å². The summed E-state index contributed by atoms with van der Waals surface area (Å²) >= 11 is 0. The number of likely N-dealkylation sites (tertiary alicyclic amines) is 1. The molecule has 1 atom stereocenters. The molecule has 0 aliphatic carbocycles. The molecule has 1 unspecified atom stereocenters. The molecule has 0 aromatic carbocycles. The van der Waals surface area contributed by atoms with Gasteiger partial charge in [0.15, 0.2) is 0 Å². The van der Waals surface area contributed by atoms with Crippen LogP contribution in [0.1, 0.15) is 32.6 Å². The molecule has 5 heteroatoms. The lowest BCUT2D eigenvalue weighted by Crippen LogP contribution is -2.38. The van der Waals surface area contributed by atoms with Gasteiger partial charge < -0.3 is 16.0 Å². The van der Waals surface area contributed by atoms with Crippen molar-refractivity contribution in [1.82, 2.24) is 10.2 Å². The number of nitrogens with one attached hydrogen (secondary N) is 1. The van der Waals surface area contributed by atoms with Gasteiger partial charge in [0.25, 0.3) is 0 Å². The van der Waals surface area contributed by atoms with Crippen LogP contribution in [0.5, 0.6) is 0 Å². The van der Waals surface area contributed by atoms with Gasteiger partial charge >= 0.3 is 0 Å². The van der Waals surface area contributed by atoms with Gasteiger partial charge in [-0.2, -0.15) is 0 Å². The third-order valence-corrected chi connectivity index (χ3v) is 3.16. The summed E-state index contributed by atoms with van der Waals surface area (Å²) in [5.41, 5.74) is 5.14. The summed E-state index contributed by atoms with van der Waals surface area (Å²) < 4.78 is 0. The van der Waals surface area contributed by atoms with E-state index >= 15 is 0 Å². The minimum absolute atomic E-state index is 0.180. The van der Waals surface area contributed by atoms with Crippen molar-refractivity contribution < 1.29 is 9.59 Å². The Morgan fingerprint density at radius 2 is 1.94 bits per heavy atom. The highest BCUT2D eigenvalue weighted by atomic mass is 16.2. The van der Waals surface area contributed by atoms with Gasteiger partial charge in [0.05, 0.1) is 0 Å². The minimum atomic E-state index is -0.306. The number of rotatable bonds is 6. The Hall–Kier alpha value is -1.10. The lowest BCUT2D eigenvalue weighted by molar-refractivity contribution is -0.131. The second kappa shape index (κ2) is 7.27. The molecule has 1 aliphatic rings. The van der Waals surface area contributed by atoms with Crippen molar-refractivity contribution in [1.29, 1.82) is 0 Å². The zero-order valence-electron chi connectivity index (χ0n) is 10.6. The topological polar surface area (TPSA) is 75.4 Å². The summed E-state index contributed by atoms with van der Waals surface area (Å²) in [6.45, 7) is 4.74. The molecule has 3 N–H and O–H groups in total. The van der Waals surface area contributed by atoms with Crippen molar-refractivity contribution in [3.8, 4) is 0 Å². The third kappa shape index (κ3) is 5.17. The number of amides is 2. The van der Waals surface area contributed by atoms with Gasteiger partial charge in [-0.3, -0.25) is 9.59 Å². The van der Waals surface area contributed by atoms with Crippen LogP contribution in [-0.2, 0) is 9.59 Å². The van der Waals surface area contributed by atoms with Crippen LogP contribution in [0.25, 0.3) is 0 Å². The fraction of sp³-hybridized carbons (Fsp3) is 0.833. The number of carbonyl (C=O) groups excluding carboxylic acids is 2. The quantitative estimate of drug-likeness (QED) is 0.648. The standard InChI is InChI=1S/C12H23N3O2/c1-10(12(13)17)9-14-6-5-11(16)15-7-3-2-4-8-15/h10,14H,2-9H2,1H3,(H2,13,17). The first-order valence-corrected chi connectivity index (χ1v) is 6.39. The predicted molar refractivity (Wildman–Crippen MR) is 66.3 cm³/mol. The molecule has 0 aromatic heterocycles. The number of piperidine rings is 1. The average Bonchev–Trinajstić information content (AvgIpc) is 2.35. The molecule has 0 saturated carbocycles. The van der Waals surface area contributed by atoms with Crippen LogP contribution in [0.4, 0.5) is 0 Å². The van der Waals surface area contributed by atoms with Gasteiger partial charge in [-0.25, -0.2) is 0 Å². The molecule has 1 rings (SSSR count). The first kappa shape index (κ1) is 14.0. The maximum Gasteiger partial charge on any atom is 0.223 e. The Morgan fingerprint density at radius 1 is 1.29 bits per heavy atom.